The van der Waals surface area contributed by atoms with Crippen molar-refractivity contribution in [3.63, 3.8) is 0 Å². The summed E-state index contributed by atoms with van der Waals surface area (Å²) in [6, 6.07) is 9.32. The Balaban J connectivity index is 1.41. The standard InChI is InChI=1S/C18H19N3O3/c19-9-14-3-1-13(2-4-14)5-6-16(22)20-10-15(11-20)12-21-17(23)7-8-18(21)24/h1-4,15H,5-8,10-12H2. The van der Waals surface area contributed by atoms with Crippen LogP contribution in [0.5, 0.6) is 0 Å². The molecule has 0 radical (unpaired) electrons. The van der Waals surface area contributed by atoms with Crippen molar-refractivity contribution in [3.05, 3.63) is 35.4 Å². The molecule has 0 saturated carbocycles. The summed E-state index contributed by atoms with van der Waals surface area (Å²) < 4.78 is 0. The number of hydrogen-bond acceptors (Lipinski definition) is 4. The third-order valence-corrected chi connectivity index (χ3v) is 4.62. The van der Waals surface area contributed by atoms with E-state index in [4.69, 9.17) is 5.26 Å². The highest BCUT2D eigenvalue weighted by molar-refractivity contribution is 6.01. The number of carbonyl (C=O) groups is 3. The van der Waals surface area contributed by atoms with Gasteiger partial charge in [0.25, 0.3) is 0 Å². The molecule has 2 heterocycles. The molecular weight excluding hydrogens is 306 g/mol. The van der Waals surface area contributed by atoms with E-state index < -0.39 is 0 Å². The molecule has 6 heteroatoms. The molecule has 3 amide bonds. The highest BCUT2D eigenvalue weighted by Crippen LogP contribution is 2.22. The molecule has 2 aliphatic rings. The average molecular weight is 325 g/mol. The van der Waals surface area contributed by atoms with Gasteiger partial charge in [0, 0.05) is 44.8 Å². The fraction of sp³-hybridized carbons (Fsp3) is 0.444. The lowest BCUT2D eigenvalue weighted by Gasteiger charge is -2.40. The highest BCUT2D eigenvalue weighted by Gasteiger charge is 2.36. The number of imide groups is 1. The van der Waals surface area contributed by atoms with Gasteiger partial charge < -0.3 is 4.90 Å². The minimum Gasteiger partial charge on any atom is -0.342 e. The lowest BCUT2D eigenvalue weighted by Crippen LogP contribution is -2.54. The van der Waals surface area contributed by atoms with Crippen LogP contribution in [0.15, 0.2) is 24.3 Å². The topological polar surface area (TPSA) is 81.5 Å². The minimum absolute atomic E-state index is 0.0920. The SMILES string of the molecule is N#Cc1ccc(CCC(=O)N2CC(CN3C(=O)CCC3=O)C2)cc1. The molecule has 3 rings (SSSR count). The third-order valence-electron chi connectivity index (χ3n) is 4.62. The van der Waals surface area contributed by atoms with Crippen LogP contribution >= 0.6 is 0 Å². The molecule has 2 aliphatic heterocycles. The number of nitriles is 1. The van der Waals surface area contributed by atoms with Crippen molar-refractivity contribution >= 4 is 17.7 Å². The lowest BCUT2D eigenvalue weighted by molar-refractivity contribution is -0.142. The normalized spacial score (nSPS) is 17.8. The summed E-state index contributed by atoms with van der Waals surface area (Å²) in [7, 11) is 0. The molecule has 124 valence electrons. The van der Waals surface area contributed by atoms with E-state index in [0.29, 0.717) is 50.9 Å². The average Bonchev–Trinajstić information content (AvgIpc) is 2.87. The molecule has 2 saturated heterocycles. The Morgan fingerprint density at radius 1 is 1.12 bits per heavy atom. The summed E-state index contributed by atoms with van der Waals surface area (Å²) in [5, 5.41) is 8.76. The number of likely N-dealkylation sites (tertiary alicyclic amines) is 2. The van der Waals surface area contributed by atoms with E-state index in [1.807, 2.05) is 12.1 Å². The Morgan fingerprint density at radius 3 is 2.33 bits per heavy atom. The Labute approximate surface area is 140 Å². The van der Waals surface area contributed by atoms with Crippen LogP contribution in [0.3, 0.4) is 0 Å². The smallest absolute Gasteiger partial charge is 0.229 e. The third kappa shape index (κ3) is 3.46. The predicted molar refractivity (Wildman–Crippen MR) is 85.5 cm³/mol. The van der Waals surface area contributed by atoms with Gasteiger partial charge in [-0.25, -0.2) is 0 Å². The number of rotatable bonds is 5. The number of carbonyl (C=O) groups excluding carboxylic acids is 3. The summed E-state index contributed by atoms with van der Waals surface area (Å²) in [5.74, 6) is 0.112. The van der Waals surface area contributed by atoms with Crippen molar-refractivity contribution in [1.29, 1.82) is 5.26 Å². The fourth-order valence-corrected chi connectivity index (χ4v) is 3.13. The van der Waals surface area contributed by atoms with Crippen LogP contribution in [0.1, 0.15) is 30.4 Å². The maximum atomic E-state index is 12.2. The van der Waals surface area contributed by atoms with E-state index in [0.717, 1.165) is 5.56 Å². The first-order chi connectivity index (χ1) is 11.6. The van der Waals surface area contributed by atoms with Gasteiger partial charge in [-0.1, -0.05) is 12.1 Å². The zero-order chi connectivity index (χ0) is 17.1. The second kappa shape index (κ2) is 6.83. The molecule has 6 nitrogen and oxygen atoms in total. The monoisotopic (exact) mass is 325 g/mol. The highest BCUT2D eigenvalue weighted by atomic mass is 16.2. The van der Waals surface area contributed by atoms with Crippen LogP contribution < -0.4 is 0 Å². The second-order valence-electron chi connectivity index (χ2n) is 6.37. The van der Waals surface area contributed by atoms with Crippen LogP contribution in [0.4, 0.5) is 0 Å². The van der Waals surface area contributed by atoms with Gasteiger partial charge in [0.15, 0.2) is 0 Å². The molecule has 0 unspecified atom stereocenters. The summed E-state index contributed by atoms with van der Waals surface area (Å²) in [6.45, 7) is 1.67. The van der Waals surface area contributed by atoms with Crippen LogP contribution in [0.2, 0.25) is 0 Å². The van der Waals surface area contributed by atoms with E-state index in [9.17, 15) is 14.4 Å². The fourth-order valence-electron chi connectivity index (χ4n) is 3.13. The Hall–Kier alpha value is -2.68. The first kappa shape index (κ1) is 16.2. The summed E-state index contributed by atoms with van der Waals surface area (Å²) in [6.07, 6.45) is 1.71. The molecule has 0 aliphatic carbocycles. The van der Waals surface area contributed by atoms with Crippen molar-refractivity contribution < 1.29 is 14.4 Å². The van der Waals surface area contributed by atoms with Gasteiger partial charge in [-0.3, -0.25) is 19.3 Å². The second-order valence-corrected chi connectivity index (χ2v) is 6.37. The molecular formula is C18H19N3O3. The van der Waals surface area contributed by atoms with E-state index in [2.05, 4.69) is 6.07 Å². The molecule has 0 spiro atoms. The molecule has 1 aromatic rings. The van der Waals surface area contributed by atoms with Gasteiger partial charge in [0.2, 0.25) is 17.7 Å². The Kier molecular flexibility index (Phi) is 4.61. The van der Waals surface area contributed by atoms with E-state index in [-0.39, 0.29) is 23.6 Å². The quantitative estimate of drug-likeness (QED) is 0.759. The van der Waals surface area contributed by atoms with Crippen molar-refractivity contribution in [2.75, 3.05) is 19.6 Å². The van der Waals surface area contributed by atoms with E-state index in [1.165, 1.54) is 4.90 Å². The number of hydrogen-bond donors (Lipinski definition) is 0. The van der Waals surface area contributed by atoms with Crippen LogP contribution in [0, 0.1) is 17.2 Å². The largest absolute Gasteiger partial charge is 0.342 e. The van der Waals surface area contributed by atoms with Crippen LogP contribution in [0.25, 0.3) is 0 Å². The molecule has 24 heavy (non-hydrogen) atoms. The minimum atomic E-state index is -0.0920. The molecule has 0 bridgehead atoms. The van der Waals surface area contributed by atoms with E-state index >= 15 is 0 Å². The summed E-state index contributed by atoms with van der Waals surface area (Å²) >= 11 is 0. The first-order valence-electron chi connectivity index (χ1n) is 8.17. The molecule has 0 atom stereocenters. The molecule has 2 fully saturated rings. The van der Waals surface area contributed by atoms with Gasteiger partial charge in [0.1, 0.15) is 0 Å². The van der Waals surface area contributed by atoms with Gasteiger partial charge >= 0.3 is 0 Å². The maximum Gasteiger partial charge on any atom is 0.229 e. The Morgan fingerprint density at radius 2 is 1.75 bits per heavy atom. The van der Waals surface area contributed by atoms with Gasteiger partial charge in [-0.05, 0) is 24.1 Å². The van der Waals surface area contributed by atoms with Gasteiger partial charge in [-0.15, -0.1) is 0 Å². The van der Waals surface area contributed by atoms with Gasteiger partial charge in [0.05, 0.1) is 11.6 Å². The van der Waals surface area contributed by atoms with Crippen molar-refractivity contribution in [2.45, 2.75) is 25.7 Å². The van der Waals surface area contributed by atoms with Crippen molar-refractivity contribution in [3.8, 4) is 6.07 Å². The van der Waals surface area contributed by atoms with Gasteiger partial charge in [-0.2, -0.15) is 5.26 Å². The number of amides is 3. The Bertz CT molecular complexity index is 683. The van der Waals surface area contributed by atoms with Crippen molar-refractivity contribution in [2.24, 2.45) is 5.92 Å². The summed E-state index contributed by atoms with van der Waals surface area (Å²) in [5.41, 5.74) is 1.65. The predicted octanol–water partition coefficient (Wildman–Crippen LogP) is 1.10. The zero-order valence-corrected chi connectivity index (χ0v) is 13.4. The maximum absolute atomic E-state index is 12.2. The molecule has 0 aromatic heterocycles. The van der Waals surface area contributed by atoms with Crippen LogP contribution in [-0.2, 0) is 20.8 Å². The first-order valence-corrected chi connectivity index (χ1v) is 8.17. The van der Waals surface area contributed by atoms with E-state index in [1.54, 1.807) is 17.0 Å². The van der Waals surface area contributed by atoms with Crippen molar-refractivity contribution in [1.82, 2.24) is 9.80 Å². The number of aryl methyl sites for hydroxylation is 1. The lowest BCUT2D eigenvalue weighted by atomic mass is 9.98. The van der Waals surface area contributed by atoms with Crippen LogP contribution in [-0.4, -0.2) is 47.2 Å². The number of benzene rings is 1. The summed E-state index contributed by atoms with van der Waals surface area (Å²) in [4.78, 5) is 38.4. The number of nitrogens with zero attached hydrogens (tertiary/aromatic N) is 3. The molecule has 0 N–H and O–H groups in total. The zero-order valence-electron chi connectivity index (χ0n) is 13.4. The molecule has 1 aromatic carbocycles.